The van der Waals surface area contributed by atoms with Gasteiger partial charge in [0.1, 0.15) is 0 Å². The summed E-state index contributed by atoms with van der Waals surface area (Å²) in [6.45, 7) is 1.93. The Bertz CT molecular complexity index is 1260. The van der Waals surface area contributed by atoms with Gasteiger partial charge in [0.15, 0.2) is 5.82 Å². The van der Waals surface area contributed by atoms with Crippen molar-refractivity contribution >= 4 is 34.4 Å². The van der Waals surface area contributed by atoms with Crippen LogP contribution in [0.4, 0.5) is 5.82 Å². The van der Waals surface area contributed by atoms with E-state index >= 15 is 0 Å². The molecule has 6 heteroatoms. The SMILES string of the molecule is Cc1cccc(-n2c(O)c(C=Nc3ccc(Cl)cn3)c3ccccc3c2=O)c1. The first-order chi connectivity index (χ1) is 13.5. The molecular formula is C22H16ClN3O2. The van der Waals surface area contributed by atoms with E-state index in [4.69, 9.17) is 11.6 Å². The highest BCUT2D eigenvalue weighted by Crippen LogP contribution is 2.26. The molecule has 0 atom stereocenters. The lowest BCUT2D eigenvalue weighted by atomic mass is 10.1. The molecule has 4 rings (SSSR count). The summed E-state index contributed by atoms with van der Waals surface area (Å²) in [7, 11) is 0. The van der Waals surface area contributed by atoms with Crippen LogP contribution in [0.1, 0.15) is 11.1 Å². The zero-order valence-corrected chi connectivity index (χ0v) is 15.8. The van der Waals surface area contributed by atoms with Crippen LogP contribution in [0.2, 0.25) is 5.02 Å². The number of pyridine rings is 2. The van der Waals surface area contributed by atoms with Crippen LogP contribution in [0.15, 0.2) is 76.6 Å². The van der Waals surface area contributed by atoms with Crippen LogP contribution >= 0.6 is 11.6 Å². The van der Waals surface area contributed by atoms with Gasteiger partial charge in [-0.25, -0.2) is 14.5 Å². The molecule has 5 nitrogen and oxygen atoms in total. The number of hydrogen-bond donors (Lipinski definition) is 1. The van der Waals surface area contributed by atoms with Crippen molar-refractivity contribution in [2.75, 3.05) is 0 Å². The molecule has 0 amide bonds. The van der Waals surface area contributed by atoms with Gasteiger partial charge in [-0.2, -0.15) is 0 Å². The van der Waals surface area contributed by atoms with E-state index in [0.29, 0.717) is 32.9 Å². The van der Waals surface area contributed by atoms with Crippen LogP contribution in [0.5, 0.6) is 5.88 Å². The Morgan fingerprint density at radius 2 is 1.86 bits per heavy atom. The highest BCUT2D eigenvalue weighted by molar-refractivity contribution is 6.30. The molecule has 2 aromatic carbocycles. The Hall–Kier alpha value is -3.44. The number of aromatic nitrogens is 2. The van der Waals surface area contributed by atoms with Gasteiger partial charge in [-0.05, 0) is 42.8 Å². The summed E-state index contributed by atoms with van der Waals surface area (Å²) in [5.41, 5.74) is 1.72. The lowest BCUT2D eigenvalue weighted by molar-refractivity contribution is 0.436. The fourth-order valence-electron chi connectivity index (χ4n) is 3.07. The molecule has 0 saturated carbocycles. The van der Waals surface area contributed by atoms with Crippen molar-refractivity contribution in [2.45, 2.75) is 6.92 Å². The van der Waals surface area contributed by atoms with E-state index in [1.165, 1.54) is 17.0 Å². The second-order valence-electron chi connectivity index (χ2n) is 6.36. The van der Waals surface area contributed by atoms with Crippen molar-refractivity contribution < 1.29 is 5.11 Å². The second-order valence-corrected chi connectivity index (χ2v) is 6.79. The smallest absolute Gasteiger partial charge is 0.265 e. The van der Waals surface area contributed by atoms with Gasteiger partial charge in [0.05, 0.1) is 16.3 Å². The minimum atomic E-state index is -0.291. The minimum Gasteiger partial charge on any atom is -0.494 e. The maximum absolute atomic E-state index is 13.1. The Kier molecular flexibility index (Phi) is 4.67. The van der Waals surface area contributed by atoms with E-state index in [1.54, 1.807) is 36.4 Å². The Labute approximate surface area is 166 Å². The van der Waals surface area contributed by atoms with Crippen molar-refractivity contribution in [3.63, 3.8) is 0 Å². The van der Waals surface area contributed by atoms with E-state index in [0.717, 1.165) is 5.56 Å². The lowest BCUT2D eigenvalue weighted by Gasteiger charge is -2.14. The van der Waals surface area contributed by atoms with Crippen LogP contribution in [-0.4, -0.2) is 20.9 Å². The fourth-order valence-corrected chi connectivity index (χ4v) is 3.18. The third kappa shape index (κ3) is 3.28. The zero-order valence-electron chi connectivity index (χ0n) is 15.0. The quantitative estimate of drug-likeness (QED) is 0.511. The average molecular weight is 390 g/mol. The Morgan fingerprint density at radius 3 is 2.57 bits per heavy atom. The van der Waals surface area contributed by atoms with Gasteiger partial charge >= 0.3 is 0 Å². The Balaban J connectivity index is 1.97. The molecule has 0 aliphatic carbocycles. The van der Waals surface area contributed by atoms with Crippen molar-refractivity contribution in [1.29, 1.82) is 0 Å². The number of hydrogen-bond acceptors (Lipinski definition) is 4. The fraction of sp³-hybridized carbons (Fsp3) is 0.0455. The predicted octanol–water partition coefficient (Wildman–Crippen LogP) is 4.80. The molecule has 28 heavy (non-hydrogen) atoms. The molecule has 0 fully saturated rings. The van der Waals surface area contributed by atoms with E-state index in [-0.39, 0.29) is 11.4 Å². The summed E-state index contributed by atoms with van der Waals surface area (Å²) >= 11 is 5.86. The number of benzene rings is 2. The molecule has 4 aromatic rings. The molecule has 0 radical (unpaired) electrons. The van der Waals surface area contributed by atoms with Crippen LogP contribution in [0, 0.1) is 6.92 Å². The molecule has 1 N–H and O–H groups in total. The van der Waals surface area contributed by atoms with Gasteiger partial charge in [0.25, 0.3) is 5.56 Å². The lowest BCUT2D eigenvalue weighted by Crippen LogP contribution is -2.20. The van der Waals surface area contributed by atoms with Crippen molar-refractivity contribution in [1.82, 2.24) is 9.55 Å². The molecule has 2 aromatic heterocycles. The monoisotopic (exact) mass is 389 g/mol. The molecule has 0 aliphatic heterocycles. The van der Waals surface area contributed by atoms with Crippen LogP contribution in [0.25, 0.3) is 16.5 Å². The van der Waals surface area contributed by atoms with E-state index in [9.17, 15) is 9.90 Å². The molecule has 0 saturated heterocycles. The number of aliphatic imine (C=N–C) groups is 1. The number of halogens is 1. The average Bonchev–Trinajstić information content (AvgIpc) is 2.69. The summed E-state index contributed by atoms with van der Waals surface area (Å²) in [6, 6.07) is 17.9. The number of fused-ring (bicyclic) bond motifs is 1. The summed E-state index contributed by atoms with van der Waals surface area (Å²) in [5, 5.41) is 12.6. The molecule has 138 valence electrons. The molecular weight excluding hydrogens is 374 g/mol. The van der Waals surface area contributed by atoms with Crippen LogP contribution in [0.3, 0.4) is 0 Å². The first-order valence-corrected chi connectivity index (χ1v) is 9.02. The number of rotatable bonds is 3. The first kappa shape index (κ1) is 17.9. The van der Waals surface area contributed by atoms with E-state index in [2.05, 4.69) is 9.98 Å². The van der Waals surface area contributed by atoms with Gasteiger partial charge in [-0.3, -0.25) is 4.79 Å². The van der Waals surface area contributed by atoms with Crippen molar-refractivity contribution in [3.05, 3.63) is 93.4 Å². The number of aromatic hydroxyl groups is 1. The van der Waals surface area contributed by atoms with Gasteiger partial charge in [-0.15, -0.1) is 0 Å². The van der Waals surface area contributed by atoms with Gasteiger partial charge in [-0.1, -0.05) is 41.9 Å². The van der Waals surface area contributed by atoms with E-state index < -0.39 is 0 Å². The summed E-state index contributed by atoms with van der Waals surface area (Å²) < 4.78 is 1.30. The molecule has 0 spiro atoms. The Morgan fingerprint density at radius 1 is 1.07 bits per heavy atom. The minimum absolute atomic E-state index is 0.174. The maximum atomic E-state index is 13.1. The van der Waals surface area contributed by atoms with Crippen LogP contribution in [-0.2, 0) is 0 Å². The summed E-state index contributed by atoms with van der Waals surface area (Å²) in [4.78, 5) is 21.5. The standard InChI is InChI=1S/C22H16ClN3O2/c1-14-5-4-6-16(11-14)26-21(27)18-8-3-2-7-17(18)19(22(26)28)13-25-20-10-9-15(23)12-24-20/h2-13,28H,1H3. The molecule has 0 bridgehead atoms. The molecule has 0 aliphatic rings. The summed E-state index contributed by atoms with van der Waals surface area (Å²) in [5.74, 6) is 0.271. The first-order valence-electron chi connectivity index (χ1n) is 8.64. The second kappa shape index (κ2) is 7.29. The van der Waals surface area contributed by atoms with Gasteiger partial charge < -0.3 is 5.11 Å². The third-order valence-corrected chi connectivity index (χ3v) is 4.62. The molecule has 2 heterocycles. The van der Waals surface area contributed by atoms with Crippen LogP contribution < -0.4 is 5.56 Å². The van der Waals surface area contributed by atoms with Gasteiger partial charge in [0.2, 0.25) is 5.88 Å². The molecule has 0 unspecified atom stereocenters. The topological polar surface area (TPSA) is 67.5 Å². The van der Waals surface area contributed by atoms with Gasteiger partial charge in [0, 0.05) is 23.2 Å². The summed E-state index contributed by atoms with van der Waals surface area (Å²) in [6.07, 6.45) is 3.01. The maximum Gasteiger partial charge on any atom is 0.265 e. The normalized spacial score (nSPS) is 11.4. The third-order valence-electron chi connectivity index (χ3n) is 4.40. The zero-order chi connectivity index (χ0) is 19.7. The number of aryl methyl sites for hydroxylation is 1. The highest BCUT2D eigenvalue weighted by atomic mass is 35.5. The van der Waals surface area contributed by atoms with Crippen molar-refractivity contribution in [2.24, 2.45) is 4.99 Å². The number of nitrogens with zero attached hydrogens (tertiary/aromatic N) is 3. The largest absolute Gasteiger partial charge is 0.494 e. The van der Waals surface area contributed by atoms with E-state index in [1.807, 2.05) is 31.2 Å². The van der Waals surface area contributed by atoms with Crippen molar-refractivity contribution in [3.8, 4) is 11.6 Å². The predicted molar refractivity (Wildman–Crippen MR) is 112 cm³/mol. The highest BCUT2D eigenvalue weighted by Gasteiger charge is 2.16.